The zero-order valence-electron chi connectivity index (χ0n) is 17.6. The molecule has 0 aliphatic heterocycles. The topological polar surface area (TPSA) is 65.6 Å². The Hall–Kier alpha value is -3.02. The third-order valence-corrected chi connectivity index (χ3v) is 5.92. The summed E-state index contributed by atoms with van der Waals surface area (Å²) in [5.41, 5.74) is 5.23. The number of fused-ring (bicyclic) bond motifs is 4. The lowest BCUT2D eigenvalue weighted by molar-refractivity contribution is 0.508. The number of nitrogens with zero attached hydrogens (tertiary/aromatic N) is 5. The molecule has 4 aromatic rings. The van der Waals surface area contributed by atoms with Crippen LogP contribution >= 0.6 is 0 Å². The van der Waals surface area contributed by atoms with Gasteiger partial charge in [0.2, 0.25) is 0 Å². The van der Waals surface area contributed by atoms with Gasteiger partial charge in [0.15, 0.2) is 11.3 Å². The number of hydrogen-bond donors (Lipinski definition) is 0. The van der Waals surface area contributed by atoms with Gasteiger partial charge in [0.25, 0.3) is 5.56 Å². The molecule has 6 nitrogen and oxygen atoms in total. The number of hydrogen-bond acceptors (Lipinski definition) is 4. The van der Waals surface area contributed by atoms with Crippen molar-refractivity contribution < 1.29 is 0 Å². The minimum atomic E-state index is -0.0288. The van der Waals surface area contributed by atoms with Crippen LogP contribution in [0.5, 0.6) is 0 Å². The average molecular weight is 402 g/mol. The van der Waals surface area contributed by atoms with E-state index in [1.165, 1.54) is 31.3 Å². The Labute approximate surface area is 175 Å². The van der Waals surface area contributed by atoms with E-state index in [0.717, 1.165) is 29.6 Å². The summed E-state index contributed by atoms with van der Waals surface area (Å²) < 4.78 is 3.80. The van der Waals surface area contributed by atoms with Crippen molar-refractivity contribution in [3.05, 3.63) is 52.6 Å². The summed E-state index contributed by atoms with van der Waals surface area (Å²) in [7, 11) is 0. The molecule has 0 unspecified atom stereocenters. The maximum Gasteiger partial charge on any atom is 0.265 e. The minimum absolute atomic E-state index is 0.0288. The smallest absolute Gasteiger partial charge is 0.265 e. The molecule has 0 radical (unpaired) electrons. The summed E-state index contributed by atoms with van der Waals surface area (Å²) in [5.74, 6) is 0.362. The molecule has 0 N–H and O–H groups in total. The lowest BCUT2D eigenvalue weighted by Crippen LogP contribution is -2.23. The highest BCUT2D eigenvalue weighted by Gasteiger charge is 2.20. The second kappa shape index (κ2) is 7.67. The Morgan fingerprint density at radius 3 is 2.60 bits per heavy atom. The summed E-state index contributed by atoms with van der Waals surface area (Å²) in [6, 6.07) is 7.84. The highest BCUT2D eigenvalue weighted by molar-refractivity contribution is 6.04. The number of allylic oxidation sites excluding steroid dienone is 2. The molecule has 0 amide bonds. The zero-order chi connectivity index (χ0) is 20.7. The van der Waals surface area contributed by atoms with Gasteiger partial charge in [-0.25, -0.2) is 15.0 Å². The molecule has 3 aromatic heterocycles. The third-order valence-electron chi connectivity index (χ3n) is 5.92. The van der Waals surface area contributed by atoms with Gasteiger partial charge in [-0.2, -0.15) is 0 Å². The van der Waals surface area contributed by atoms with E-state index in [9.17, 15) is 4.79 Å². The van der Waals surface area contributed by atoms with E-state index in [1.807, 2.05) is 24.3 Å². The Morgan fingerprint density at radius 2 is 1.87 bits per heavy atom. The second-order valence-corrected chi connectivity index (χ2v) is 8.69. The molecular formula is C24H27N5O. The molecule has 0 bridgehead atoms. The third kappa shape index (κ3) is 3.30. The summed E-state index contributed by atoms with van der Waals surface area (Å²) in [6.07, 6.45) is 9.91. The van der Waals surface area contributed by atoms with E-state index in [0.29, 0.717) is 29.0 Å². The van der Waals surface area contributed by atoms with Gasteiger partial charge in [-0.1, -0.05) is 37.6 Å². The Balaban J connectivity index is 1.73. The number of rotatable bonds is 5. The fourth-order valence-corrected chi connectivity index (χ4v) is 4.46. The van der Waals surface area contributed by atoms with Crippen molar-refractivity contribution in [3.63, 3.8) is 0 Å². The molecule has 5 rings (SSSR count). The molecule has 154 valence electrons. The van der Waals surface area contributed by atoms with Crippen LogP contribution in [0.25, 0.3) is 33.2 Å². The molecule has 1 aliphatic rings. The van der Waals surface area contributed by atoms with Crippen LogP contribution in [-0.4, -0.2) is 24.1 Å². The van der Waals surface area contributed by atoms with Crippen LogP contribution in [0, 0.1) is 5.92 Å². The van der Waals surface area contributed by atoms with E-state index in [-0.39, 0.29) is 5.56 Å². The molecule has 0 saturated heterocycles. The molecule has 6 heteroatoms. The van der Waals surface area contributed by atoms with Crippen molar-refractivity contribution in [1.82, 2.24) is 24.1 Å². The van der Waals surface area contributed by atoms with Crippen molar-refractivity contribution in [2.24, 2.45) is 5.92 Å². The molecule has 0 fully saturated rings. The first-order valence-corrected chi connectivity index (χ1v) is 10.9. The van der Waals surface area contributed by atoms with Crippen LogP contribution in [0.4, 0.5) is 0 Å². The van der Waals surface area contributed by atoms with E-state index in [2.05, 4.69) is 24.5 Å². The molecule has 0 atom stereocenters. The van der Waals surface area contributed by atoms with Crippen LogP contribution in [0.2, 0.25) is 0 Å². The van der Waals surface area contributed by atoms with Crippen molar-refractivity contribution >= 4 is 33.2 Å². The zero-order valence-corrected chi connectivity index (χ0v) is 17.6. The molecule has 3 heterocycles. The first kappa shape index (κ1) is 19.0. The lowest BCUT2D eigenvalue weighted by atomic mass is 9.97. The highest BCUT2D eigenvalue weighted by atomic mass is 16.1. The first-order valence-electron chi connectivity index (χ1n) is 10.9. The van der Waals surface area contributed by atoms with Crippen LogP contribution < -0.4 is 5.56 Å². The van der Waals surface area contributed by atoms with Gasteiger partial charge in [0.1, 0.15) is 10.9 Å². The van der Waals surface area contributed by atoms with Crippen LogP contribution in [0.3, 0.4) is 0 Å². The lowest BCUT2D eigenvalue weighted by Gasteiger charge is -2.14. The van der Waals surface area contributed by atoms with Crippen molar-refractivity contribution in [3.8, 4) is 0 Å². The molecule has 0 spiro atoms. The van der Waals surface area contributed by atoms with E-state index < -0.39 is 0 Å². The summed E-state index contributed by atoms with van der Waals surface area (Å²) in [4.78, 5) is 27.8. The molecule has 0 saturated carbocycles. The van der Waals surface area contributed by atoms with E-state index >= 15 is 0 Å². The van der Waals surface area contributed by atoms with Gasteiger partial charge < -0.3 is 4.57 Å². The normalized spacial score (nSPS) is 14.8. The molecular weight excluding hydrogens is 374 g/mol. The summed E-state index contributed by atoms with van der Waals surface area (Å²) in [5, 5.41) is 0.587. The SMILES string of the molecule is CC(C)Cn1cnc2c(c1=O)c1nc3ccccc3nc1n2CCC1=CCCCC1. The van der Waals surface area contributed by atoms with Crippen LogP contribution in [0.15, 0.2) is 47.0 Å². The van der Waals surface area contributed by atoms with Crippen molar-refractivity contribution in [1.29, 1.82) is 0 Å². The van der Waals surface area contributed by atoms with E-state index in [1.54, 1.807) is 10.9 Å². The maximum atomic E-state index is 13.4. The summed E-state index contributed by atoms with van der Waals surface area (Å²) >= 11 is 0. The summed E-state index contributed by atoms with van der Waals surface area (Å²) in [6.45, 7) is 5.61. The monoisotopic (exact) mass is 401 g/mol. The molecule has 30 heavy (non-hydrogen) atoms. The Morgan fingerprint density at radius 1 is 1.07 bits per heavy atom. The average Bonchev–Trinajstić information content (AvgIpc) is 3.06. The minimum Gasteiger partial charge on any atom is -0.308 e. The van der Waals surface area contributed by atoms with Crippen LogP contribution in [-0.2, 0) is 13.1 Å². The Bertz CT molecular complexity index is 1330. The number of para-hydroxylation sites is 2. The predicted octanol–water partition coefficient (Wildman–Crippen LogP) is 4.84. The van der Waals surface area contributed by atoms with Crippen molar-refractivity contribution in [2.45, 2.75) is 59.0 Å². The fourth-order valence-electron chi connectivity index (χ4n) is 4.46. The second-order valence-electron chi connectivity index (χ2n) is 8.69. The molecule has 1 aliphatic carbocycles. The van der Waals surface area contributed by atoms with Gasteiger partial charge >= 0.3 is 0 Å². The highest BCUT2D eigenvalue weighted by Crippen LogP contribution is 2.27. The van der Waals surface area contributed by atoms with Gasteiger partial charge in [0.05, 0.1) is 17.4 Å². The van der Waals surface area contributed by atoms with Gasteiger partial charge in [-0.05, 0) is 50.2 Å². The standard InChI is InChI=1S/C24H27N5O/c1-16(2)14-28-15-25-22-20(24(28)30)21-23(27-19-11-7-6-10-18(19)26-21)29(22)13-12-17-8-4-3-5-9-17/h6-8,10-11,15-16H,3-5,9,12-14H2,1-2H3. The van der Waals surface area contributed by atoms with Gasteiger partial charge in [0, 0.05) is 13.1 Å². The number of aromatic nitrogens is 5. The largest absolute Gasteiger partial charge is 0.308 e. The number of aryl methyl sites for hydroxylation is 1. The Kier molecular flexibility index (Phi) is 4.85. The van der Waals surface area contributed by atoms with E-state index in [4.69, 9.17) is 15.0 Å². The van der Waals surface area contributed by atoms with Gasteiger partial charge in [-0.3, -0.25) is 9.36 Å². The van der Waals surface area contributed by atoms with Gasteiger partial charge in [-0.15, -0.1) is 0 Å². The first-order chi connectivity index (χ1) is 14.6. The molecule has 1 aromatic carbocycles. The number of benzene rings is 1. The van der Waals surface area contributed by atoms with Crippen LogP contribution in [0.1, 0.15) is 46.0 Å². The fraction of sp³-hybridized carbons (Fsp3) is 0.417. The predicted molar refractivity (Wildman–Crippen MR) is 121 cm³/mol. The quantitative estimate of drug-likeness (QED) is 0.449. The van der Waals surface area contributed by atoms with Crippen molar-refractivity contribution in [2.75, 3.05) is 0 Å². The maximum absolute atomic E-state index is 13.4.